The van der Waals surface area contributed by atoms with Gasteiger partial charge in [0.2, 0.25) is 10.0 Å². The van der Waals surface area contributed by atoms with E-state index in [9.17, 15) is 44.3 Å². The summed E-state index contributed by atoms with van der Waals surface area (Å²) in [5.41, 5.74) is 9.35. The van der Waals surface area contributed by atoms with Crippen LogP contribution in [0.25, 0.3) is 0 Å². The molecule has 3 rings (SSSR count). The number of carboxylic acids is 1. The van der Waals surface area contributed by atoms with Gasteiger partial charge in [-0.3, -0.25) is 9.59 Å². The van der Waals surface area contributed by atoms with Gasteiger partial charge in [0.25, 0.3) is 11.8 Å². The third-order valence-corrected chi connectivity index (χ3v) is 7.41. The summed E-state index contributed by atoms with van der Waals surface area (Å²) in [6, 6.07) is 8.65. The molecule has 0 atom stereocenters. The third kappa shape index (κ3) is 8.90. The smallest absolute Gasteiger partial charge is 0.475 e. The average Bonchev–Trinajstić information content (AvgIpc) is 2.91. The van der Waals surface area contributed by atoms with E-state index >= 15 is 0 Å². The van der Waals surface area contributed by atoms with Gasteiger partial charge in [-0.05, 0) is 67.8 Å². The van der Waals surface area contributed by atoms with E-state index in [1.165, 1.54) is 48.3 Å². The number of rotatable bonds is 5. The molecule has 2 aromatic carbocycles. The molecule has 230 valence electrons. The monoisotopic (exact) mass is 625 g/mol. The molecule has 42 heavy (non-hydrogen) atoms. The molecule has 1 aliphatic rings. The van der Waals surface area contributed by atoms with Gasteiger partial charge in [0.05, 0.1) is 10.5 Å². The Labute approximate surface area is 235 Å². The normalized spacial score (nSPS) is 14.4. The van der Waals surface area contributed by atoms with Crippen LogP contribution in [0.15, 0.2) is 52.4 Å². The van der Waals surface area contributed by atoms with Crippen molar-refractivity contribution in [1.82, 2.24) is 9.62 Å². The van der Waals surface area contributed by atoms with Gasteiger partial charge < -0.3 is 21.5 Å². The number of benzene rings is 2. The van der Waals surface area contributed by atoms with Gasteiger partial charge in [-0.25, -0.2) is 17.9 Å². The van der Waals surface area contributed by atoms with Crippen LogP contribution in [-0.2, 0) is 21.0 Å². The van der Waals surface area contributed by atoms with Crippen LogP contribution in [0, 0.1) is 0 Å². The first-order valence-electron chi connectivity index (χ1n) is 11.8. The number of hydrogen-bond acceptors (Lipinski definition) is 5. The zero-order valence-electron chi connectivity index (χ0n) is 21.7. The van der Waals surface area contributed by atoms with Crippen molar-refractivity contribution in [1.29, 1.82) is 0 Å². The van der Waals surface area contributed by atoms with E-state index in [0.717, 1.165) is 6.07 Å². The number of nitrogens with zero attached hydrogens (tertiary/aromatic N) is 2. The fourth-order valence-electron chi connectivity index (χ4n) is 3.94. The minimum Gasteiger partial charge on any atom is -0.475 e. The van der Waals surface area contributed by atoms with Crippen LogP contribution in [0.5, 0.6) is 0 Å². The molecular weight excluding hydrogens is 600 g/mol. The number of carboxylic acid groups (broad SMARTS) is 1. The maximum Gasteiger partial charge on any atom is 0.490 e. The van der Waals surface area contributed by atoms with Crippen LogP contribution in [-0.4, -0.2) is 68.5 Å². The summed E-state index contributed by atoms with van der Waals surface area (Å²) >= 11 is 0. The van der Waals surface area contributed by atoms with Crippen molar-refractivity contribution in [3.63, 3.8) is 0 Å². The predicted molar refractivity (Wildman–Crippen MR) is 136 cm³/mol. The molecule has 0 spiro atoms. The van der Waals surface area contributed by atoms with Crippen molar-refractivity contribution in [2.24, 2.45) is 16.5 Å². The maximum absolute atomic E-state index is 13.8. The number of carbonyl (C=O) groups is 3. The van der Waals surface area contributed by atoms with Gasteiger partial charge in [0, 0.05) is 24.2 Å². The number of aliphatic carboxylic acids is 1. The Morgan fingerprint density at radius 1 is 0.952 bits per heavy atom. The lowest BCUT2D eigenvalue weighted by atomic mass is 9.85. The van der Waals surface area contributed by atoms with E-state index in [0.29, 0.717) is 0 Å². The van der Waals surface area contributed by atoms with Gasteiger partial charge >= 0.3 is 18.3 Å². The molecule has 2 amide bonds. The average molecular weight is 626 g/mol. The van der Waals surface area contributed by atoms with Crippen LogP contribution in [0.4, 0.5) is 26.3 Å². The van der Waals surface area contributed by atoms with Crippen LogP contribution in [0.2, 0.25) is 0 Å². The molecule has 6 N–H and O–H groups in total. The summed E-state index contributed by atoms with van der Waals surface area (Å²) in [6.07, 6.45) is -9.23. The molecule has 18 heteroatoms. The van der Waals surface area contributed by atoms with E-state index < -0.39 is 51.7 Å². The Morgan fingerprint density at radius 3 is 1.88 bits per heavy atom. The van der Waals surface area contributed by atoms with Crippen LogP contribution < -0.4 is 16.2 Å². The van der Waals surface area contributed by atoms with E-state index in [1.807, 2.05) is 0 Å². The summed E-state index contributed by atoms with van der Waals surface area (Å²) in [5, 5.41) is 7.12. The Bertz CT molecular complexity index is 1450. The van der Waals surface area contributed by atoms with Gasteiger partial charge in [-0.15, -0.1) is 0 Å². The highest BCUT2D eigenvalue weighted by atomic mass is 32.2. The second kappa shape index (κ2) is 13.2. The summed E-state index contributed by atoms with van der Waals surface area (Å²) in [7, 11) is -2.37. The number of carbonyl (C=O) groups excluding carboxylic acids is 2. The van der Waals surface area contributed by atoms with E-state index in [-0.39, 0.29) is 53.4 Å². The number of likely N-dealkylation sites (tertiary alicyclic amines) is 1. The first-order chi connectivity index (χ1) is 19.3. The zero-order valence-corrected chi connectivity index (χ0v) is 22.5. The predicted octanol–water partition coefficient (Wildman–Crippen LogP) is 2.68. The standard InChI is InChI=1S/C22H24F3N5O4S.C2HF3O2/c1-28-35(33,34)16-5-2-14(3-6-16)20(32)30-10-8-13(9-11-30)17-7-4-15(19(31)29-21(26)27)12-18(17)22(23,24)25;3-2(4,5)1(6)7/h2-7,12-13,28H,8-11H2,1H3,(H4,26,27,29,31);(H,6,7). The summed E-state index contributed by atoms with van der Waals surface area (Å²) in [6.45, 7) is 0.429. The first kappa shape index (κ1) is 34.0. The largest absolute Gasteiger partial charge is 0.490 e. The second-order valence-corrected chi connectivity index (χ2v) is 10.6. The van der Waals surface area contributed by atoms with Crippen molar-refractivity contribution >= 4 is 33.8 Å². The van der Waals surface area contributed by atoms with Crippen molar-refractivity contribution in [2.45, 2.75) is 36.0 Å². The molecule has 1 fully saturated rings. The lowest BCUT2D eigenvalue weighted by Crippen LogP contribution is -2.38. The molecule has 0 unspecified atom stereocenters. The molecule has 2 aromatic rings. The molecule has 11 nitrogen and oxygen atoms in total. The second-order valence-electron chi connectivity index (χ2n) is 8.74. The highest BCUT2D eigenvalue weighted by Gasteiger charge is 2.38. The number of nitrogens with one attached hydrogen (secondary N) is 1. The number of alkyl halides is 6. The Balaban J connectivity index is 0.000000782. The SMILES string of the molecule is CNS(=O)(=O)c1ccc(C(=O)N2CCC(c3ccc(C(=O)N=C(N)N)cc3C(F)(F)F)CC2)cc1.O=C(O)C(F)(F)F. The number of halogens is 6. The van der Waals surface area contributed by atoms with Crippen molar-refractivity contribution in [3.05, 3.63) is 64.7 Å². The lowest BCUT2D eigenvalue weighted by molar-refractivity contribution is -0.192. The minimum absolute atomic E-state index is 0.0108. The fourth-order valence-corrected chi connectivity index (χ4v) is 4.67. The molecule has 0 aliphatic carbocycles. The third-order valence-electron chi connectivity index (χ3n) is 5.98. The van der Waals surface area contributed by atoms with Gasteiger partial charge in [-0.1, -0.05) is 6.07 Å². The number of sulfonamides is 1. The Hall–Kier alpha value is -4.19. The molecule has 1 aliphatic heterocycles. The quantitative estimate of drug-likeness (QED) is 0.222. The number of guanidine groups is 1. The van der Waals surface area contributed by atoms with Crippen molar-refractivity contribution in [3.8, 4) is 0 Å². The molecule has 0 bridgehead atoms. The summed E-state index contributed by atoms with van der Waals surface area (Å²) in [4.78, 5) is 38.5. The number of hydrogen-bond donors (Lipinski definition) is 4. The van der Waals surface area contributed by atoms with E-state index in [1.54, 1.807) is 0 Å². The number of amides is 2. The maximum atomic E-state index is 13.8. The number of piperidine rings is 1. The van der Waals surface area contributed by atoms with E-state index in [2.05, 4.69) is 9.71 Å². The first-order valence-corrected chi connectivity index (χ1v) is 13.2. The van der Waals surface area contributed by atoms with Crippen LogP contribution >= 0.6 is 0 Å². The van der Waals surface area contributed by atoms with E-state index in [4.69, 9.17) is 21.4 Å². The van der Waals surface area contributed by atoms with Crippen LogP contribution in [0.1, 0.15) is 50.6 Å². The fraction of sp³-hybridized carbons (Fsp3) is 0.333. The minimum atomic E-state index is -5.08. The Kier molecular flexibility index (Phi) is 10.7. The molecular formula is C24H25F6N5O6S. The van der Waals surface area contributed by atoms with Gasteiger partial charge in [0.1, 0.15) is 0 Å². The van der Waals surface area contributed by atoms with Gasteiger partial charge in [0.15, 0.2) is 5.96 Å². The molecule has 1 saturated heterocycles. The zero-order chi connectivity index (χ0) is 32.0. The van der Waals surface area contributed by atoms with Crippen LogP contribution in [0.3, 0.4) is 0 Å². The molecule has 0 saturated carbocycles. The molecule has 0 aromatic heterocycles. The topological polar surface area (TPSA) is 185 Å². The summed E-state index contributed by atoms with van der Waals surface area (Å²) in [5.74, 6) is -5.11. The lowest BCUT2D eigenvalue weighted by Gasteiger charge is -2.33. The van der Waals surface area contributed by atoms with Crippen molar-refractivity contribution in [2.75, 3.05) is 20.1 Å². The summed E-state index contributed by atoms with van der Waals surface area (Å²) < 4.78 is 98.9. The highest BCUT2D eigenvalue weighted by molar-refractivity contribution is 7.89. The highest BCUT2D eigenvalue weighted by Crippen LogP contribution is 2.39. The molecule has 0 radical (unpaired) electrons. The molecule has 1 heterocycles. The van der Waals surface area contributed by atoms with Crippen molar-refractivity contribution < 1.29 is 54.3 Å². The number of nitrogens with two attached hydrogens (primary N) is 2. The Morgan fingerprint density at radius 2 is 1.45 bits per heavy atom. The number of aliphatic imine (C=N–C) groups is 1. The van der Waals surface area contributed by atoms with Gasteiger partial charge in [-0.2, -0.15) is 31.3 Å².